The molecule has 2 aromatic rings. The molecule has 108 valence electrons. The summed E-state index contributed by atoms with van der Waals surface area (Å²) < 4.78 is 0. The average molecular weight is 281 g/mol. The van der Waals surface area contributed by atoms with Crippen molar-refractivity contribution in [2.24, 2.45) is 5.92 Å². The van der Waals surface area contributed by atoms with Gasteiger partial charge in [-0.05, 0) is 11.1 Å². The van der Waals surface area contributed by atoms with Crippen LogP contribution in [-0.2, 0) is 4.79 Å². The maximum atomic E-state index is 12.4. The summed E-state index contributed by atoms with van der Waals surface area (Å²) in [5.41, 5.74) is 1.95. The van der Waals surface area contributed by atoms with Gasteiger partial charge in [0.1, 0.15) is 5.78 Å². The first-order valence-corrected chi connectivity index (χ1v) is 7.28. The Morgan fingerprint density at radius 2 is 1.48 bits per heavy atom. The summed E-state index contributed by atoms with van der Waals surface area (Å²) >= 11 is 0. The van der Waals surface area contributed by atoms with Crippen molar-refractivity contribution in [2.45, 2.75) is 25.4 Å². The van der Waals surface area contributed by atoms with Gasteiger partial charge in [0.2, 0.25) is 0 Å². The Balaban J connectivity index is 1.98. The van der Waals surface area contributed by atoms with E-state index in [9.17, 15) is 10.0 Å². The Labute approximate surface area is 124 Å². The lowest BCUT2D eigenvalue weighted by Crippen LogP contribution is -2.42. The minimum Gasteiger partial charge on any atom is -0.313 e. The van der Waals surface area contributed by atoms with E-state index < -0.39 is 0 Å². The highest BCUT2D eigenvalue weighted by Crippen LogP contribution is 2.41. The second-order valence-corrected chi connectivity index (χ2v) is 5.62. The van der Waals surface area contributed by atoms with Gasteiger partial charge < -0.3 is 5.21 Å². The van der Waals surface area contributed by atoms with Crippen LogP contribution in [0.4, 0.5) is 0 Å². The van der Waals surface area contributed by atoms with Gasteiger partial charge in [0.25, 0.3) is 0 Å². The summed E-state index contributed by atoms with van der Waals surface area (Å²) in [6, 6.07) is 18.9. The van der Waals surface area contributed by atoms with Crippen LogP contribution < -0.4 is 0 Å². The highest BCUT2D eigenvalue weighted by Gasteiger charge is 2.40. The second kappa shape index (κ2) is 5.80. The molecule has 0 bridgehead atoms. The van der Waals surface area contributed by atoms with E-state index in [-0.39, 0.29) is 23.8 Å². The summed E-state index contributed by atoms with van der Waals surface area (Å²) in [5.74, 6) is -0.0135. The van der Waals surface area contributed by atoms with Crippen molar-refractivity contribution in [1.82, 2.24) is 5.06 Å². The molecule has 3 atom stereocenters. The van der Waals surface area contributed by atoms with Crippen LogP contribution in [-0.4, -0.2) is 16.1 Å². The van der Waals surface area contributed by atoms with Crippen LogP contribution in [0.5, 0.6) is 0 Å². The number of hydrogen-bond donors (Lipinski definition) is 1. The molecule has 0 amide bonds. The zero-order valence-electron chi connectivity index (χ0n) is 12.0. The SMILES string of the molecule is CC1C(=O)CC(c2ccccc2)N(O)C1c1ccccc1. The fourth-order valence-electron chi connectivity index (χ4n) is 3.11. The number of piperidine rings is 1. The smallest absolute Gasteiger partial charge is 0.139 e. The third-order valence-corrected chi connectivity index (χ3v) is 4.31. The van der Waals surface area contributed by atoms with Crippen molar-refractivity contribution in [3.63, 3.8) is 0 Å². The zero-order chi connectivity index (χ0) is 14.8. The summed E-state index contributed by atoms with van der Waals surface area (Å²) in [6.45, 7) is 1.89. The Morgan fingerprint density at radius 1 is 0.952 bits per heavy atom. The predicted molar refractivity (Wildman–Crippen MR) is 80.8 cm³/mol. The summed E-state index contributed by atoms with van der Waals surface area (Å²) in [7, 11) is 0. The molecular formula is C18H19NO2. The van der Waals surface area contributed by atoms with Crippen LogP contribution in [0.25, 0.3) is 0 Å². The molecule has 1 saturated heterocycles. The van der Waals surface area contributed by atoms with Crippen LogP contribution in [0.15, 0.2) is 60.7 Å². The predicted octanol–water partition coefficient (Wildman–Crippen LogP) is 3.77. The van der Waals surface area contributed by atoms with Gasteiger partial charge in [0.15, 0.2) is 0 Å². The molecule has 0 saturated carbocycles. The first kappa shape index (κ1) is 14.0. The topological polar surface area (TPSA) is 40.5 Å². The number of rotatable bonds is 2. The molecule has 1 heterocycles. The molecule has 3 heteroatoms. The van der Waals surface area contributed by atoms with E-state index in [1.807, 2.05) is 67.6 Å². The molecule has 1 N–H and O–H groups in total. The van der Waals surface area contributed by atoms with Crippen LogP contribution in [0, 0.1) is 5.92 Å². The fourth-order valence-corrected chi connectivity index (χ4v) is 3.11. The van der Waals surface area contributed by atoms with Crippen LogP contribution in [0.1, 0.15) is 36.6 Å². The van der Waals surface area contributed by atoms with Crippen molar-refractivity contribution < 1.29 is 10.0 Å². The minimum atomic E-state index is -0.294. The Bertz CT molecular complexity index is 612. The van der Waals surface area contributed by atoms with E-state index in [0.29, 0.717) is 6.42 Å². The average Bonchev–Trinajstić information content (AvgIpc) is 2.53. The molecule has 0 radical (unpaired) electrons. The van der Waals surface area contributed by atoms with Gasteiger partial charge in [0, 0.05) is 12.3 Å². The maximum absolute atomic E-state index is 12.4. The highest BCUT2D eigenvalue weighted by molar-refractivity contribution is 5.83. The largest absolute Gasteiger partial charge is 0.313 e. The summed E-state index contributed by atoms with van der Waals surface area (Å²) in [4.78, 5) is 12.4. The number of hydrogen-bond acceptors (Lipinski definition) is 3. The van der Waals surface area contributed by atoms with Crippen LogP contribution in [0.2, 0.25) is 0 Å². The molecule has 21 heavy (non-hydrogen) atoms. The lowest BCUT2D eigenvalue weighted by atomic mass is 9.81. The number of carbonyl (C=O) groups is 1. The van der Waals surface area contributed by atoms with E-state index in [0.717, 1.165) is 11.1 Å². The molecule has 1 fully saturated rings. The Hall–Kier alpha value is -1.97. The second-order valence-electron chi connectivity index (χ2n) is 5.62. The van der Waals surface area contributed by atoms with Gasteiger partial charge in [0.05, 0.1) is 12.1 Å². The van der Waals surface area contributed by atoms with E-state index in [2.05, 4.69) is 0 Å². The molecule has 3 nitrogen and oxygen atoms in total. The number of ketones is 1. The monoisotopic (exact) mass is 281 g/mol. The molecule has 2 aromatic carbocycles. The molecule has 1 aliphatic heterocycles. The number of carbonyl (C=O) groups excluding carboxylic acids is 1. The number of nitrogens with zero attached hydrogens (tertiary/aromatic N) is 1. The van der Waals surface area contributed by atoms with Gasteiger partial charge in [-0.15, -0.1) is 0 Å². The van der Waals surface area contributed by atoms with Gasteiger partial charge >= 0.3 is 0 Å². The van der Waals surface area contributed by atoms with Crippen molar-refractivity contribution in [3.05, 3.63) is 71.8 Å². The molecule has 0 aliphatic carbocycles. The summed E-state index contributed by atoms with van der Waals surface area (Å²) in [5, 5.41) is 12.1. The normalized spacial score (nSPS) is 26.8. The Kier molecular flexibility index (Phi) is 3.86. The maximum Gasteiger partial charge on any atom is 0.139 e. The fraction of sp³-hybridized carbons (Fsp3) is 0.278. The zero-order valence-corrected chi connectivity index (χ0v) is 12.0. The quantitative estimate of drug-likeness (QED) is 0.911. The van der Waals surface area contributed by atoms with E-state index in [4.69, 9.17) is 0 Å². The Morgan fingerprint density at radius 3 is 2.05 bits per heavy atom. The molecule has 0 spiro atoms. The first-order valence-electron chi connectivity index (χ1n) is 7.28. The highest BCUT2D eigenvalue weighted by atomic mass is 16.5. The molecule has 3 rings (SSSR count). The standard InChI is InChI=1S/C18H19NO2/c1-13-17(20)12-16(14-8-4-2-5-9-14)19(21)18(13)15-10-6-3-7-11-15/h2-11,13,16,18,21H,12H2,1H3. The van der Waals surface area contributed by atoms with Crippen molar-refractivity contribution in [1.29, 1.82) is 0 Å². The van der Waals surface area contributed by atoms with Gasteiger partial charge in [-0.1, -0.05) is 67.6 Å². The van der Waals surface area contributed by atoms with Crippen molar-refractivity contribution in [2.75, 3.05) is 0 Å². The van der Waals surface area contributed by atoms with E-state index >= 15 is 0 Å². The van der Waals surface area contributed by atoms with Crippen molar-refractivity contribution in [3.8, 4) is 0 Å². The third kappa shape index (κ3) is 2.62. The molecular weight excluding hydrogens is 262 g/mol. The lowest BCUT2D eigenvalue weighted by molar-refractivity contribution is -0.197. The number of Topliss-reactive ketones (excluding diaryl/α,β-unsaturated/α-hetero) is 1. The lowest BCUT2D eigenvalue weighted by Gasteiger charge is -2.41. The first-order chi connectivity index (χ1) is 10.2. The van der Waals surface area contributed by atoms with Crippen LogP contribution >= 0.6 is 0 Å². The molecule has 3 unspecified atom stereocenters. The minimum absolute atomic E-state index is 0.197. The molecule has 1 aliphatic rings. The molecule has 0 aromatic heterocycles. The van der Waals surface area contributed by atoms with Crippen molar-refractivity contribution >= 4 is 5.78 Å². The van der Waals surface area contributed by atoms with Gasteiger partial charge in [-0.2, -0.15) is 5.06 Å². The van der Waals surface area contributed by atoms with E-state index in [1.165, 1.54) is 5.06 Å². The number of benzene rings is 2. The number of hydroxylamine groups is 2. The third-order valence-electron chi connectivity index (χ3n) is 4.31. The summed E-state index contributed by atoms with van der Waals surface area (Å²) in [6.07, 6.45) is 0.352. The van der Waals surface area contributed by atoms with Crippen LogP contribution in [0.3, 0.4) is 0 Å². The van der Waals surface area contributed by atoms with E-state index in [1.54, 1.807) is 0 Å². The van der Waals surface area contributed by atoms with Gasteiger partial charge in [-0.3, -0.25) is 4.79 Å². The van der Waals surface area contributed by atoms with Gasteiger partial charge in [-0.25, -0.2) is 0 Å².